The first-order valence-electron chi connectivity index (χ1n) is 7.29. The van der Waals surface area contributed by atoms with Gasteiger partial charge in [0.2, 0.25) is 0 Å². The molecule has 0 bridgehead atoms. The van der Waals surface area contributed by atoms with Gasteiger partial charge in [0.25, 0.3) is 0 Å². The first-order valence-corrected chi connectivity index (χ1v) is 7.29. The highest BCUT2D eigenvalue weighted by molar-refractivity contribution is 5.73. The van der Waals surface area contributed by atoms with E-state index in [0.29, 0.717) is 6.54 Å². The summed E-state index contributed by atoms with van der Waals surface area (Å²) in [4.78, 5) is 11.7. The quantitative estimate of drug-likeness (QED) is 0.752. The van der Waals surface area contributed by atoms with Gasteiger partial charge in [0, 0.05) is 26.3 Å². The Morgan fingerprint density at radius 3 is 2.82 bits per heavy atom. The van der Waals surface area contributed by atoms with Gasteiger partial charge in [-0.3, -0.25) is 4.68 Å². The molecular weight excluding hydrogens is 280 g/mol. The molecule has 2 aromatic rings. The lowest BCUT2D eigenvalue weighted by Crippen LogP contribution is -2.38. The number of nitrogens with one attached hydrogen (secondary N) is 2. The molecule has 0 spiro atoms. The summed E-state index contributed by atoms with van der Waals surface area (Å²) in [6.07, 6.45) is 3.72. The molecule has 1 aromatic heterocycles. The van der Waals surface area contributed by atoms with Gasteiger partial charge in [0.1, 0.15) is 0 Å². The molecule has 0 aliphatic rings. The molecule has 118 valence electrons. The van der Waals surface area contributed by atoms with Crippen LogP contribution in [0.3, 0.4) is 0 Å². The van der Waals surface area contributed by atoms with Crippen molar-refractivity contribution >= 4 is 6.03 Å². The second kappa shape index (κ2) is 7.61. The van der Waals surface area contributed by atoms with Gasteiger partial charge in [-0.2, -0.15) is 5.10 Å². The predicted molar refractivity (Wildman–Crippen MR) is 84.5 cm³/mol. The van der Waals surface area contributed by atoms with Crippen LogP contribution in [0.4, 0.5) is 4.79 Å². The Bertz CT molecular complexity index is 624. The summed E-state index contributed by atoms with van der Waals surface area (Å²) in [7, 11) is 1.86. The maximum Gasteiger partial charge on any atom is 0.314 e. The molecule has 0 saturated carbocycles. The fraction of sp³-hybridized carbons (Fsp3) is 0.375. The van der Waals surface area contributed by atoms with E-state index in [4.69, 9.17) is 0 Å². The molecule has 1 heterocycles. The molecule has 1 unspecified atom stereocenters. The number of aliphatic hydroxyl groups is 1. The minimum Gasteiger partial charge on any atom is -0.387 e. The summed E-state index contributed by atoms with van der Waals surface area (Å²) in [6, 6.07) is 7.31. The minimum absolute atomic E-state index is 0.184. The first-order chi connectivity index (χ1) is 10.6. The fourth-order valence-corrected chi connectivity index (χ4v) is 2.24. The van der Waals surface area contributed by atoms with E-state index in [0.717, 1.165) is 23.1 Å². The number of carbonyl (C=O) groups is 1. The monoisotopic (exact) mass is 302 g/mol. The number of aliphatic hydroxyl groups excluding tert-OH is 1. The molecule has 6 heteroatoms. The number of rotatable bonds is 6. The maximum absolute atomic E-state index is 11.7. The molecule has 1 aromatic carbocycles. The van der Waals surface area contributed by atoms with Crippen LogP contribution in [0.5, 0.6) is 0 Å². The largest absolute Gasteiger partial charge is 0.387 e. The highest BCUT2D eigenvalue weighted by Crippen LogP contribution is 2.15. The highest BCUT2D eigenvalue weighted by atomic mass is 16.3. The van der Waals surface area contributed by atoms with Gasteiger partial charge >= 0.3 is 6.03 Å². The topological polar surface area (TPSA) is 79.2 Å². The molecular formula is C16H22N4O2. The Kier molecular flexibility index (Phi) is 5.55. The molecule has 3 N–H and O–H groups in total. The minimum atomic E-state index is -0.703. The van der Waals surface area contributed by atoms with Crippen LogP contribution in [-0.4, -0.2) is 34.0 Å². The van der Waals surface area contributed by atoms with Crippen LogP contribution in [0.1, 0.15) is 22.8 Å². The molecule has 0 radical (unpaired) electrons. The molecule has 0 fully saturated rings. The third kappa shape index (κ3) is 4.60. The van der Waals surface area contributed by atoms with E-state index in [-0.39, 0.29) is 12.6 Å². The third-order valence-corrected chi connectivity index (χ3v) is 3.46. The SMILES string of the molecule is Cc1ccccc1C(O)CNC(=O)NCCc1cnn(C)c1. The standard InChI is InChI=1S/C16H22N4O2/c1-12-5-3-4-6-14(12)15(21)10-18-16(22)17-8-7-13-9-19-20(2)11-13/h3-6,9,11,15,21H,7-8,10H2,1-2H3,(H2,17,18,22). The second-order valence-electron chi connectivity index (χ2n) is 5.28. The molecule has 0 aliphatic heterocycles. The molecule has 22 heavy (non-hydrogen) atoms. The van der Waals surface area contributed by atoms with E-state index in [1.54, 1.807) is 10.9 Å². The number of amides is 2. The average molecular weight is 302 g/mol. The Hall–Kier alpha value is -2.34. The van der Waals surface area contributed by atoms with E-state index in [1.165, 1.54) is 0 Å². The lowest BCUT2D eigenvalue weighted by atomic mass is 10.0. The number of hydrogen-bond acceptors (Lipinski definition) is 3. The number of benzene rings is 1. The summed E-state index contributed by atoms with van der Waals surface area (Å²) < 4.78 is 1.73. The van der Waals surface area contributed by atoms with Crippen LogP contribution in [0.15, 0.2) is 36.7 Å². The Labute approximate surface area is 130 Å². The zero-order valence-corrected chi connectivity index (χ0v) is 12.9. The molecule has 0 aliphatic carbocycles. The number of carbonyl (C=O) groups excluding carboxylic acids is 1. The van der Waals surface area contributed by atoms with Gasteiger partial charge in [-0.1, -0.05) is 24.3 Å². The third-order valence-electron chi connectivity index (χ3n) is 3.46. The van der Waals surface area contributed by atoms with Crippen molar-refractivity contribution in [2.45, 2.75) is 19.4 Å². The summed E-state index contributed by atoms with van der Waals surface area (Å²) >= 11 is 0. The number of aromatic nitrogens is 2. The number of hydrogen-bond donors (Lipinski definition) is 3. The van der Waals surface area contributed by atoms with E-state index >= 15 is 0 Å². The van der Waals surface area contributed by atoms with Crippen molar-refractivity contribution in [3.8, 4) is 0 Å². The van der Waals surface area contributed by atoms with Gasteiger partial charge in [-0.05, 0) is 30.0 Å². The normalized spacial score (nSPS) is 12.0. The summed E-state index contributed by atoms with van der Waals surface area (Å²) in [5.74, 6) is 0. The van der Waals surface area contributed by atoms with Crippen molar-refractivity contribution in [3.05, 3.63) is 53.3 Å². The van der Waals surface area contributed by atoms with Crippen molar-refractivity contribution in [1.29, 1.82) is 0 Å². The van der Waals surface area contributed by atoms with Crippen LogP contribution in [-0.2, 0) is 13.5 Å². The van der Waals surface area contributed by atoms with E-state index in [1.807, 2.05) is 44.4 Å². The smallest absolute Gasteiger partial charge is 0.314 e. The highest BCUT2D eigenvalue weighted by Gasteiger charge is 2.11. The van der Waals surface area contributed by atoms with Crippen molar-refractivity contribution < 1.29 is 9.90 Å². The number of urea groups is 1. The van der Waals surface area contributed by atoms with Crippen molar-refractivity contribution in [2.75, 3.05) is 13.1 Å². The summed E-state index contributed by atoms with van der Waals surface area (Å²) in [5.41, 5.74) is 2.91. The first kappa shape index (κ1) is 16.0. The lowest BCUT2D eigenvalue weighted by Gasteiger charge is -2.14. The molecule has 2 rings (SSSR count). The van der Waals surface area contributed by atoms with Gasteiger partial charge in [0.15, 0.2) is 0 Å². The predicted octanol–water partition coefficient (Wildman–Crippen LogP) is 1.30. The number of aryl methyl sites for hydroxylation is 2. The van der Waals surface area contributed by atoms with Crippen LogP contribution in [0.25, 0.3) is 0 Å². The van der Waals surface area contributed by atoms with E-state index in [9.17, 15) is 9.90 Å². The van der Waals surface area contributed by atoms with Gasteiger partial charge < -0.3 is 15.7 Å². The fourth-order valence-electron chi connectivity index (χ4n) is 2.24. The lowest BCUT2D eigenvalue weighted by molar-refractivity contribution is 0.172. The average Bonchev–Trinajstić information content (AvgIpc) is 2.91. The van der Waals surface area contributed by atoms with Gasteiger partial charge in [-0.25, -0.2) is 4.79 Å². The Morgan fingerprint density at radius 1 is 1.36 bits per heavy atom. The Balaban J connectivity index is 1.70. The van der Waals surface area contributed by atoms with E-state index in [2.05, 4.69) is 15.7 Å². The van der Waals surface area contributed by atoms with Crippen molar-refractivity contribution in [2.24, 2.45) is 7.05 Å². The van der Waals surface area contributed by atoms with Crippen LogP contribution < -0.4 is 10.6 Å². The van der Waals surface area contributed by atoms with Gasteiger partial charge in [-0.15, -0.1) is 0 Å². The van der Waals surface area contributed by atoms with Crippen LogP contribution >= 0.6 is 0 Å². The van der Waals surface area contributed by atoms with E-state index < -0.39 is 6.10 Å². The van der Waals surface area contributed by atoms with Gasteiger partial charge in [0.05, 0.1) is 12.3 Å². The van der Waals surface area contributed by atoms with Crippen LogP contribution in [0.2, 0.25) is 0 Å². The van der Waals surface area contributed by atoms with Crippen molar-refractivity contribution in [3.63, 3.8) is 0 Å². The van der Waals surface area contributed by atoms with Crippen molar-refractivity contribution in [1.82, 2.24) is 20.4 Å². The molecule has 0 saturated heterocycles. The zero-order valence-electron chi connectivity index (χ0n) is 12.9. The summed E-state index contributed by atoms with van der Waals surface area (Å²) in [6.45, 7) is 2.65. The van der Waals surface area contributed by atoms with Crippen LogP contribution in [0, 0.1) is 6.92 Å². The maximum atomic E-state index is 11.7. The molecule has 1 atom stereocenters. The summed E-state index contributed by atoms with van der Waals surface area (Å²) in [5, 5.41) is 19.6. The zero-order chi connectivity index (χ0) is 15.9. The Morgan fingerprint density at radius 2 is 2.14 bits per heavy atom. The molecule has 2 amide bonds. The molecule has 6 nitrogen and oxygen atoms in total. The second-order valence-corrected chi connectivity index (χ2v) is 5.28. The number of nitrogens with zero attached hydrogens (tertiary/aromatic N) is 2.